The lowest BCUT2D eigenvalue weighted by Gasteiger charge is -2.20. The van der Waals surface area contributed by atoms with Crippen molar-refractivity contribution >= 4 is 17.5 Å². The molecule has 0 saturated heterocycles. The van der Waals surface area contributed by atoms with Crippen LogP contribution in [0.2, 0.25) is 0 Å². The zero-order valence-electron chi connectivity index (χ0n) is 20.8. The van der Waals surface area contributed by atoms with E-state index in [1.54, 1.807) is 19.2 Å². The molecule has 0 saturated carbocycles. The summed E-state index contributed by atoms with van der Waals surface area (Å²) >= 11 is 0. The number of likely N-dealkylation sites (N-methyl/N-ethyl adjacent to an activating group) is 1. The Balaban J connectivity index is 1.49. The van der Waals surface area contributed by atoms with E-state index in [2.05, 4.69) is 22.1 Å². The summed E-state index contributed by atoms with van der Waals surface area (Å²) in [5.41, 5.74) is 1.04. The Kier molecular flexibility index (Phi) is 7.11. The van der Waals surface area contributed by atoms with Gasteiger partial charge in [-0.3, -0.25) is 14.6 Å². The zero-order valence-corrected chi connectivity index (χ0v) is 20.8. The lowest BCUT2D eigenvalue weighted by atomic mass is 9.97. The van der Waals surface area contributed by atoms with Crippen molar-refractivity contribution in [2.75, 3.05) is 18.6 Å². The topological polar surface area (TPSA) is 80.8 Å². The Morgan fingerprint density at radius 1 is 1.16 bits per heavy atom. The van der Waals surface area contributed by atoms with Crippen LogP contribution in [0.15, 0.2) is 54.7 Å². The van der Waals surface area contributed by atoms with Gasteiger partial charge in [-0.25, -0.2) is 8.78 Å². The highest BCUT2D eigenvalue weighted by Gasteiger charge is 2.31. The van der Waals surface area contributed by atoms with Crippen LogP contribution < -0.4 is 19.7 Å². The average molecular weight is 506 g/mol. The number of carbonyl (C=O) groups is 2. The van der Waals surface area contributed by atoms with Crippen LogP contribution in [0.4, 0.5) is 14.5 Å². The van der Waals surface area contributed by atoms with Gasteiger partial charge in [0, 0.05) is 36.4 Å². The van der Waals surface area contributed by atoms with Gasteiger partial charge in [0.2, 0.25) is 0 Å². The van der Waals surface area contributed by atoms with Gasteiger partial charge in [0.15, 0.2) is 11.6 Å². The third-order valence-corrected chi connectivity index (χ3v) is 5.33. The van der Waals surface area contributed by atoms with Crippen LogP contribution in [0.25, 0.3) is 0 Å². The van der Waals surface area contributed by atoms with E-state index in [9.17, 15) is 18.4 Å². The van der Waals surface area contributed by atoms with Crippen molar-refractivity contribution in [2.45, 2.75) is 26.8 Å². The van der Waals surface area contributed by atoms with Gasteiger partial charge >= 0.3 is 0 Å². The number of aromatic nitrogens is 1. The largest absolute Gasteiger partial charge is 0.489 e. The highest BCUT2D eigenvalue weighted by Crippen LogP contribution is 2.32. The molecule has 4 rings (SSSR count). The number of benzene rings is 2. The number of rotatable bonds is 4. The fourth-order valence-electron chi connectivity index (χ4n) is 3.46. The summed E-state index contributed by atoms with van der Waals surface area (Å²) in [7, 11) is 1.60. The first-order chi connectivity index (χ1) is 17.5. The summed E-state index contributed by atoms with van der Waals surface area (Å²) in [6, 6.07) is 9.93. The molecule has 1 atom stereocenters. The predicted octanol–water partition coefficient (Wildman–Crippen LogP) is 4.70. The molecule has 7 nitrogen and oxygen atoms in total. The summed E-state index contributed by atoms with van der Waals surface area (Å²) in [5.74, 6) is 4.00. The first-order valence-corrected chi connectivity index (χ1v) is 11.5. The number of carbonyl (C=O) groups excluding carboxylic acids is 2. The van der Waals surface area contributed by atoms with E-state index >= 15 is 0 Å². The van der Waals surface area contributed by atoms with Gasteiger partial charge in [-0.2, -0.15) is 0 Å². The fourth-order valence-corrected chi connectivity index (χ4v) is 3.46. The summed E-state index contributed by atoms with van der Waals surface area (Å²) in [6.07, 6.45) is 1.30. The van der Waals surface area contributed by atoms with Gasteiger partial charge in [-0.15, -0.1) is 0 Å². The molecule has 0 unspecified atom stereocenters. The Morgan fingerprint density at radius 3 is 2.68 bits per heavy atom. The average Bonchev–Trinajstić information content (AvgIpc) is 2.96. The predicted molar refractivity (Wildman–Crippen MR) is 134 cm³/mol. The number of halogens is 2. The number of nitrogens with one attached hydrogen (secondary N) is 1. The second kappa shape index (κ2) is 10.3. The monoisotopic (exact) mass is 505 g/mol. The van der Waals surface area contributed by atoms with Crippen LogP contribution in [-0.2, 0) is 4.79 Å². The summed E-state index contributed by atoms with van der Waals surface area (Å²) in [4.78, 5) is 31.5. The van der Waals surface area contributed by atoms with Gasteiger partial charge in [-0.1, -0.05) is 11.8 Å². The molecule has 1 aromatic heterocycles. The molecular weight excluding hydrogens is 480 g/mol. The smallest absolute Gasteiger partial charge is 0.270 e. The maximum Gasteiger partial charge on any atom is 0.270 e. The molecule has 0 fully saturated rings. The van der Waals surface area contributed by atoms with Crippen LogP contribution in [0.3, 0.4) is 0 Å². The van der Waals surface area contributed by atoms with Gasteiger partial charge in [0.25, 0.3) is 11.8 Å². The Hall–Kier alpha value is -4.45. The van der Waals surface area contributed by atoms with Crippen molar-refractivity contribution in [3.8, 4) is 29.1 Å². The zero-order chi connectivity index (χ0) is 26.7. The molecule has 0 bridgehead atoms. The molecule has 2 heterocycles. The molecule has 190 valence electrons. The second-order valence-electron chi connectivity index (χ2n) is 9.47. The molecule has 0 aliphatic carbocycles. The Morgan fingerprint density at radius 2 is 1.95 bits per heavy atom. The molecule has 0 spiro atoms. The van der Waals surface area contributed by atoms with Crippen LogP contribution >= 0.6 is 0 Å². The molecule has 2 amide bonds. The van der Waals surface area contributed by atoms with Crippen LogP contribution in [0.5, 0.6) is 17.2 Å². The van der Waals surface area contributed by atoms with Gasteiger partial charge in [-0.05, 0) is 57.2 Å². The molecule has 9 heteroatoms. The number of amides is 2. The third-order valence-electron chi connectivity index (χ3n) is 5.33. The number of anilines is 1. The molecule has 1 aliphatic heterocycles. The highest BCUT2D eigenvalue weighted by molar-refractivity contribution is 6.03. The molecule has 2 aromatic carbocycles. The van der Waals surface area contributed by atoms with Crippen molar-refractivity contribution in [3.05, 3.63) is 77.6 Å². The maximum atomic E-state index is 13.9. The van der Waals surface area contributed by atoms with Crippen LogP contribution in [0.1, 0.15) is 36.8 Å². The Labute approximate surface area is 213 Å². The van der Waals surface area contributed by atoms with E-state index < -0.39 is 23.6 Å². The molecule has 37 heavy (non-hydrogen) atoms. The third kappa shape index (κ3) is 6.22. The number of hydrogen-bond acceptors (Lipinski definition) is 5. The van der Waals surface area contributed by atoms with Crippen molar-refractivity contribution < 1.29 is 27.8 Å². The first kappa shape index (κ1) is 25.6. The molecule has 3 aromatic rings. The minimum absolute atomic E-state index is 0.0584. The first-order valence-electron chi connectivity index (χ1n) is 11.5. The quantitative estimate of drug-likeness (QED) is 0.520. The number of pyridine rings is 1. The van der Waals surface area contributed by atoms with Crippen molar-refractivity contribution in [2.24, 2.45) is 5.41 Å². The highest BCUT2D eigenvalue weighted by atomic mass is 19.1. The van der Waals surface area contributed by atoms with E-state index in [1.807, 2.05) is 26.8 Å². The maximum absolute atomic E-state index is 13.9. The summed E-state index contributed by atoms with van der Waals surface area (Å²) in [6.45, 7) is 5.93. The minimum atomic E-state index is -0.991. The van der Waals surface area contributed by atoms with Crippen molar-refractivity contribution in [3.63, 3.8) is 0 Å². The number of nitrogens with zero attached hydrogens (tertiary/aromatic N) is 2. The van der Waals surface area contributed by atoms with E-state index in [1.165, 1.54) is 23.2 Å². The summed E-state index contributed by atoms with van der Waals surface area (Å²) < 4.78 is 38.3. The number of ether oxygens (including phenoxy) is 2. The van der Waals surface area contributed by atoms with Gasteiger partial charge < -0.3 is 19.7 Å². The van der Waals surface area contributed by atoms with E-state index in [-0.39, 0.29) is 35.1 Å². The van der Waals surface area contributed by atoms with Crippen molar-refractivity contribution in [1.82, 2.24) is 10.3 Å². The standard InChI is InChI=1S/C28H25F2N3O4/c1-28(2,3)11-9-17-5-7-25-23(13-17)33(4)27(35)22(16-36-25)32-26(34)21-15-19(10-12-31-21)37-24-8-6-18(29)14-20(24)30/h5-8,10,12-15,22H,16H2,1-4H3,(H,32,34)/t22-/m1/s1. The molecule has 1 N–H and O–H groups in total. The number of hydrogen-bond donors (Lipinski definition) is 1. The lowest BCUT2D eigenvalue weighted by Crippen LogP contribution is -2.49. The van der Waals surface area contributed by atoms with Crippen LogP contribution in [0, 0.1) is 28.9 Å². The van der Waals surface area contributed by atoms with E-state index in [0.29, 0.717) is 17.5 Å². The molecule has 0 radical (unpaired) electrons. The number of fused-ring (bicyclic) bond motifs is 1. The van der Waals surface area contributed by atoms with Crippen molar-refractivity contribution in [1.29, 1.82) is 0 Å². The SMILES string of the molecule is CN1C(=O)[C@H](NC(=O)c2cc(Oc3ccc(F)cc3F)ccn2)COc2ccc(C#CC(C)(C)C)cc21. The lowest BCUT2D eigenvalue weighted by molar-refractivity contribution is -0.120. The molecular formula is C28H25F2N3O4. The van der Waals surface area contributed by atoms with E-state index in [0.717, 1.165) is 17.7 Å². The van der Waals surface area contributed by atoms with E-state index in [4.69, 9.17) is 9.47 Å². The van der Waals surface area contributed by atoms with Gasteiger partial charge in [0.05, 0.1) is 5.69 Å². The van der Waals surface area contributed by atoms with Gasteiger partial charge in [0.1, 0.15) is 35.7 Å². The summed E-state index contributed by atoms with van der Waals surface area (Å²) in [5, 5.41) is 2.63. The minimum Gasteiger partial charge on any atom is -0.489 e. The fraction of sp³-hybridized carbons (Fsp3) is 0.250. The Bertz CT molecular complexity index is 1420. The second-order valence-corrected chi connectivity index (χ2v) is 9.47. The normalized spacial score (nSPS) is 15.0. The van der Waals surface area contributed by atoms with Crippen LogP contribution in [-0.4, -0.2) is 36.5 Å². The molecule has 1 aliphatic rings.